The summed E-state index contributed by atoms with van der Waals surface area (Å²) in [6.07, 6.45) is 1.25. The van der Waals surface area contributed by atoms with Gasteiger partial charge in [0.2, 0.25) is 0 Å². The smallest absolute Gasteiger partial charge is 0.0590 e. The predicted molar refractivity (Wildman–Crippen MR) is 114 cm³/mol. The van der Waals surface area contributed by atoms with Crippen molar-refractivity contribution in [3.8, 4) is 0 Å². The summed E-state index contributed by atoms with van der Waals surface area (Å²) in [6, 6.07) is 24.0. The third-order valence-corrected chi connectivity index (χ3v) is 1.33. The van der Waals surface area contributed by atoms with E-state index in [1.807, 2.05) is 128 Å². The van der Waals surface area contributed by atoms with E-state index in [4.69, 9.17) is 0 Å². The Morgan fingerprint density at radius 2 is 0.348 bits per heavy atom. The van der Waals surface area contributed by atoms with Crippen LogP contribution in [0, 0.1) is 0 Å². The zero-order chi connectivity index (χ0) is 19.2. The summed E-state index contributed by atoms with van der Waals surface area (Å²) in [5.41, 5.74) is 0. The predicted octanol–water partition coefficient (Wildman–Crippen LogP) is 8.89. The summed E-state index contributed by atoms with van der Waals surface area (Å²) in [4.78, 5) is 0. The van der Waals surface area contributed by atoms with Crippen LogP contribution in [0.15, 0.2) is 72.8 Å². The molecule has 0 aliphatic heterocycles. The Labute approximate surface area is 149 Å². The van der Waals surface area contributed by atoms with Gasteiger partial charge in [0, 0.05) is 0 Å². The van der Waals surface area contributed by atoms with Gasteiger partial charge in [0.15, 0.2) is 0 Å². The summed E-state index contributed by atoms with van der Waals surface area (Å²) in [7, 11) is 0. The average molecular weight is 321 g/mol. The zero-order valence-electron chi connectivity index (χ0n) is 17.6. The fraction of sp³-hybridized carbons (Fsp3) is 0.478. The van der Waals surface area contributed by atoms with Crippen LogP contribution in [0.25, 0.3) is 0 Å². The van der Waals surface area contributed by atoms with Crippen LogP contribution in [0.2, 0.25) is 0 Å². The van der Waals surface area contributed by atoms with E-state index >= 15 is 0 Å². The summed E-state index contributed by atoms with van der Waals surface area (Å²) < 4.78 is 0. The molecule has 2 aromatic carbocycles. The van der Waals surface area contributed by atoms with Crippen LogP contribution in [-0.4, -0.2) is 0 Å². The summed E-state index contributed by atoms with van der Waals surface area (Å²) in [6.45, 7) is 20.2. The molecule has 0 saturated carbocycles. The minimum Gasteiger partial charge on any atom is -0.0683 e. The van der Waals surface area contributed by atoms with Crippen LogP contribution in [-0.2, 0) is 0 Å². The number of rotatable bonds is 0. The Morgan fingerprint density at radius 1 is 0.304 bits per heavy atom. The maximum atomic E-state index is 2.12. The third kappa shape index (κ3) is 63.8. The van der Waals surface area contributed by atoms with Crippen LogP contribution < -0.4 is 0 Å². The Kier molecular flexibility index (Phi) is 85.1. The first-order chi connectivity index (χ1) is 11.4. The van der Waals surface area contributed by atoms with Crippen LogP contribution >= 0.6 is 0 Å². The van der Waals surface area contributed by atoms with Gasteiger partial charge < -0.3 is 0 Å². The van der Waals surface area contributed by atoms with Crippen molar-refractivity contribution in [3.05, 3.63) is 72.8 Å². The molecule has 0 aromatic heterocycles. The fourth-order valence-electron chi connectivity index (χ4n) is 0.770. The quantitative estimate of drug-likeness (QED) is 0.454. The fourth-order valence-corrected chi connectivity index (χ4v) is 0.770. The molecule has 0 heteroatoms. The maximum absolute atomic E-state index is 2.12. The lowest BCUT2D eigenvalue weighted by Crippen LogP contribution is -1.47. The molecular formula is C23H44. The van der Waals surface area contributed by atoms with Gasteiger partial charge in [0.25, 0.3) is 0 Å². The first-order valence-electron chi connectivity index (χ1n) is 9.41. The molecule has 0 saturated heterocycles. The summed E-state index contributed by atoms with van der Waals surface area (Å²) in [5.74, 6) is 0. The van der Waals surface area contributed by atoms with Crippen LogP contribution in [0.4, 0.5) is 0 Å². The van der Waals surface area contributed by atoms with Crippen molar-refractivity contribution in [3.63, 3.8) is 0 Å². The Balaban J connectivity index is -0.0000000598. The Bertz CT molecular complexity index is 188. The number of hydrogen-bond acceptors (Lipinski definition) is 0. The molecule has 0 unspecified atom stereocenters. The van der Waals surface area contributed by atoms with E-state index in [0.717, 1.165) is 0 Å². The van der Waals surface area contributed by atoms with Gasteiger partial charge >= 0.3 is 0 Å². The topological polar surface area (TPSA) is 0 Å². The van der Waals surface area contributed by atoms with E-state index in [1.165, 1.54) is 6.42 Å². The molecule has 0 aliphatic carbocycles. The lowest BCUT2D eigenvalue weighted by Gasteiger charge is -1.69. The van der Waals surface area contributed by atoms with Crippen LogP contribution in [0.3, 0.4) is 0 Å². The molecule has 0 heterocycles. The molecule has 2 aromatic rings. The maximum Gasteiger partial charge on any atom is -0.0590 e. The lowest BCUT2D eigenvalue weighted by atomic mass is 10.4. The van der Waals surface area contributed by atoms with E-state index in [0.29, 0.717) is 0 Å². The first kappa shape index (κ1) is 33.1. The largest absolute Gasteiger partial charge is 0.0683 e. The molecule has 0 aliphatic rings. The highest BCUT2D eigenvalue weighted by molar-refractivity contribution is 4.99. The van der Waals surface area contributed by atoms with Crippen LogP contribution in [0.5, 0.6) is 0 Å². The molecule has 2 rings (SSSR count). The highest BCUT2D eigenvalue weighted by Crippen LogP contribution is 1.80. The van der Waals surface area contributed by atoms with Gasteiger partial charge in [-0.25, -0.2) is 0 Å². The van der Waals surface area contributed by atoms with Gasteiger partial charge in [-0.2, -0.15) is 0 Å². The van der Waals surface area contributed by atoms with Gasteiger partial charge in [-0.1, -0.05) is 148 Å². The van der Waals surface area contributed by atoms with Gasteiger partial charge in [-0.05, 0) is 0 Å². The lowest BCUT2D eigenvalue weighted by molar-refractivity contribution is 1.09. The monoisotopic (exact) mass is 320 g/mol. The average Bonchev–Trinajstić information content (AvgIpc) is 2.72. The number of hydrogen-bond donors (Lipinski definition) is 0. The SMILES string of the molecule is CC.CC.CC.CC.CCC.c1ccccc1.c1ccccc1. The van der Waals surface area contributed by atoms with Crippen molar-refractivity contribution in [2.75, 3.05) is 0 Å². The summed E-state index contributed by atoms with van der Waals surface area (Å²) in [5, 5.41) is 0. The van der Waals surface area contributed by atoms with Crippen molar-refractivity contribution >= 4 is 0 Å². The molecule has 136 valence electrons. The Morgan fingerprint density at radius 3 is 0.391 bits per heavy atom. The molecule has 0 spiro atoms. The van der Waals surface area contributed by atoms with Gasteiger partial charge in [0.1, 0.15) is 0 Å². The van der Waals surface area contributed by atoms with Gasteiger partial charge in [0.05, 0.1) is 0 Å². The second kappa shape index (κ2) is 59.0. The van der Waals surface area contributed by atoms with Crippen molar-refractivity contribution in [2.45, 2.75) is 75.7 Å². The zero-order valence-corrected chi connectivity index (χ0v) is 17.6. The van der Waals surface area contributed by atoms with E-state index in [-0.39, 0.29) is 0 Å². The molecule has 0 bridgehead atoms. The number of benzene rings is 2. The standard InChI is InChI=1S/2C6H6.C3H8.4C2H6/c2*1-2-4-6-5-3-1;1-3-2;4*1-2/h2*1-6H;3H2,1-2H3;4*1-2H3. The van der Waals surface area contributed by atoms with Crippen LogP contribution in [0.1, 0.15) is 75.7 Å². The molecule has 0 atom stereocenters. The van der Waals surface area contributed by atoms with E-state index in [2.05, 4.69) is 13.8 Å². The van der Waals surface area contributed by atoms with E-state index in [1.54, 1.807) is 0 Å². The molecule has 23 heavy (non-hydrogen) atoms. The molecule has 0 nitrogen and oxygen atoms in total. The molecule has 0 amide bonds. The Hall–Kier alpha value is -1.56. The minimum absolute atomic E-state index is 1.25. The summed E-state index contributed by atoms with van der Waals surface area (Å²) >= 11 is 0. The van der Waals surface area contributed by atoms with Crippen molar-refractivity contribution in [2.24, 2.45) is 0 Å². The van der Waals surface area contributed by atoms with Gasteiger partial charge in [-0.3, -0.25) is 0 Å². The molecule has 0 fully saturated rings. The second-order valence-corrected chi connectivity index (χ2v) is 3.02. The van der Waals surface area contributed by atoms with Gasteiger partial charge in [-0.15, -0.1) is 0 Å². The van der Waals surface area contributed by atoms with Crippen molar-refractivity contribution in [1.29, 1.82) is 0 Å². The third-order valence-electron chi connectivity index (χ3n) is 1.33. The van der Waals surface area contributed by atoms with E-state index in [9.17, 15) is 0 Å². The molecular weight excluding hydrogens is 276 g/mol. The molecule has 0 N–H and O–H groups in total. The minimum atomic E-state index is 1.25. The highest BCUT2D eigenvalue weighted by Gasteiger charge is 1.58. The van der Waals surface area contributed by atoms with Crippen molar-refractivity contribution < 1.29 is 0 Å². The first-order valence-corrected chi connectivity index (χ1v) is 9.41. The van der Waals surface area contributed by atoms with E-state index < -0.39 is 0 Å². The molecule has 0 radical (unpaired) electrons. The second-order valence-electron chi connectivity index (χ2n) is 3.02. The normalized spacial score (nSPS) is 6.00. The highest BCUT2D eigenvalue weighted by atomic mass is 13.7. The van der Waals surface area contributed by atoms with Crippen molar-refractivity contribution in [1.82, 2.24) is 0 Å².